The standard InChI is InChI=1S/C27H28F4N6O2/c1-15(26(39)36(2)14-27(29,30)31)18-7-8-20(19(28)13-18)34-25(38)23(22(16-3-4-16)17-5-6-17)35-24-21-9-10-33-37(21)12-11-32-24/h7-13,15-17H,3-6,14H2,1-2H3,(H,32,35)(H,34,38)/t15-/m0/s1. The van der Waals surface area contributed by atoms with Crippen LogP contribution in [0.2, 0.25) is 0 Å². The van der Waals surface area contributed by atoms with Crippen molar-refractivity contribution >= 4 is 28.8 Å². The zero-order chi connectivity index (χ0) is 27.9. The van der Waals surface area contributed by atoms with E-state index in [2.05, 4.69) is 20.7 Å². The minimum Gasteiger partial charge on any atom is -0.336 e. The number of anilines is 2. The molecule has 2 N–H and O–H groups in total. The van der Waals surface area contributed by atoms with Gasteiger partial charge in [0.1, 0.15) is 23.6 Å². The van der Waals surface area contributed by atoms with Crippen LogP contribution in [-0.2, 0) is 9.59 Å². The van der Waals surface area contributed by atoms with Crippen LogP contribution in [0.4, 0.5) is 29.1 Å². The summed E-state index contributed by atoms with van der Waals surface area (Å²) in [4.78, 5) is 31.0. The summed E-state index contributed by atoms with van der Waals surface area (Å²) in [6.07, 6.45) is 4.26. The highest BCUT2D eigenvalue weighted by Crippen LogP contribution is 2.50. The Morgan fingerprint density at radius 1 is 1.10 bits per heavy atom. The molecule has 0 spiro atoms. The number of likely N-dealkylation sites (N-methyl/N-ethyl adjacent to an activating group) is 1. The molecule has 2 aliphatic carbocycles. The second-order valence-corrected chi connectivity index (χ2v) is 10.2. The van der Waals surface area contributed by atoms with Gasteiger partial charge in [-0.1, -0.05) is 6.07 Å². The smallest absolute Gasteiger partial charge is 0.336 e. The molecule has 0 radical (unpaired) electrons. The van der Waals surface area contributed by atoms with Crippen LogP contribution in [0.5, 0.6) is 0 Å². The summed E-state index contributed by atoms with van der Waals surface area (Å²) in [6, 6.07) is 5.58. The minimum absolute atomic E-state index is 0.104. The first-order valence-corrected chi connectivity index (χ1v) is 12.7. The number of nitrogens with zero attached hydrogens (tertiary/aromatic N) is 4. The first kappa shape index (κ1) is 26.6. The van der Waals surface area contributed by atoms with Gasteiger partial charge in [0.15, 0.2) is 5.82 Å². The maximum atomic E-state index is 15.1. The number of aromatic nitrogens is 3. The van der Waals surface area contributed by atoms with Crippen LogP contribution in [0.15, 0.2) is 54.1 Å². The minimum atomic E-state index is -4.54. The Bertz CT molecular complexity index is 1430. The molecular formula is C27H28F4N6O2. The molecule has 3 aromatic rings. The number of rotatable bonds is 9. The van der Waals surface area contributed by atoms with Crippen LogP contribution in [0, 0.1) is 17.7 Å². The van der Waals surface area contributed by atoms with Gasteiger partial charge in [0.2, 0.25) is 5.91 Å². The molecule has 1 aromatic carbocycles. The fourth-order valence-corrected chi connectivity index (χ4v) is 4.77. The van der Waals surface area contributed by atoms with Crippen molar-refractivity contribution in [1.29, 1.82) is 0 Å². The largest absolute Gasteiger partial charge is 0.406 e. The summed E-state index contributed by atoms with van der Waals surface area (Å²) in [5, 5.41) is 10.0. The number of benzene rings is 1. The second-order valence-electron chi connectivity index (χ2n) is 10.2. The maximum Gasteiger partial charge on any atom is 0.406 e. The summed E-state index contributed by atoms with van der Waals surface area (Å²) in [5.41, 5.74) is 2.13. The highest BCUT2D eigenvalue weighted by atomic mass is 19.4. The summed E-state index contributed by atoms with van der Waals surface area (Å²) in [5.74, 6) is -2.11. The molecule has 1 atom stereocenters. The van der Waals surface area contributed by atoms with Gasteiger partial charge in [0.25, 0.3) is 5.91 Å². The molecule has 2 aliphatic rings. The zero-order valence-electron chi connectivity index (χ0n) is 21.4. The average molecular weight is 545 g/mol. The van der Waals surface area contributed by atoms with Crippen molar-refractivity contribution in [2.24, 2.45) is 11.8 Å². The predicted octanol–water partition coefficient (Wildman–Crippen LogP) is 5.12. The van der Waals surface area contributed by atoms with Gasteiger partial charge in [-0.3, -0.25) is 9.59 Å². The van der Waals surface area contributed by atoms with Crippen LogP contribution in [0.25, 0.3) is 5.52 Å². The number of fused-ring (bicyclic) bond motifs is 1. The second kappa shape index (κ2) is 10.3. The number of allylic oxidation sites excluding steroid dienone is 1. The van der Waals surface area contributed by atoms with Gasteiger partial charge >= 0.3 is 6.18 Å². The van der Waals surface area contributed by atoms with Gasteiger partial charge < -0.3 is 15.5 Å². The average Bonchev–Trinajstić information content (AvgIpc) is 3.82. The molecule has 2 heterocycles. The van der Waals surface area contributed by atoms with Crippen LogP contribution in [-0.4, -0.2) is 51.1 Å². The van der Waals surface area contributed by atoms with E-state index in [1.165, 1.54) is 19.1 Å². The van der Waals surface area contributed by atoms with Crippen molar-refractivity contribution in [1.82, 2.24) is 19.5 Å². The molecule has 12 heteroatoms. The lowest BCUT2D eigenvalue weighted by Crippen LogP contribution is -2.38. The molecule has 2 aromatic heterocycles. The quantitative estimate of drug-likeness (QED) is 0.288. The van der Waals surface area contributed by atoms with Crippen molar-refractivity contribution in [3.63, 3.8) is 0 Å². The van der Waals surface area contributed by atoms with Crippen molar-refractivity contribution < 1.29 is 27.2 Å². The van der Waals surface area contributed by atoms with Gasteiger partial charge in [-0.2, -0.15) is 18.3 Å². The molecule has 2 saturated carbocycles. The number of amides is 2. The first-order valence-electron chi connectivity index (χ1n) is 12.7. The number of hydrogen-bond donors (Lipinski definition) is 2. The third-order valence-corrected chi connectivity index (χ3v) is 7.02. The summed E-state index contributed by atoms with van der Waals surface area (Å²) < 4.78 is 54.8. The molecule has 8 nitrogen and oxygen atoms in total. The van der Waals surface area contributed by atoms with Crippen molar-refractivity contribution in [2.75, 3.05) is 24.2 Å². The van der Waals surface area contributed by atoms with E-state index in [1.807, 2.05) is 0 Å². The van der Waals surface area contributed by atoms with Crippen LogP contribution < -0.4 is 10.6 Å². The molecule has 0 unspecified atom stereocenters. The Hall–Kier alpha value is -3.96. The number of alkyl halides is 3. The molecule has 2 amide bonds. The fraction of sp³-hybridized carbons (Fsp3) is 0.407. The lowest BCUT2D eigenvalue weighted by Gasteiger charge is -2.23. The van der Waals surface area contributed by atoms with Gasteiger partial charge in [-0.25, -0.2) is 13.9 Å². The predicted molar refractivity (Wildman–Crippen MR) is 136 cm³/mol. The zero-order valence-corrected chi connectivity index (χ0v) is 21.4. The third-order valence-electron chi connectivity index (χ3n) is 7.02. The lowest BCUT2D eigenvalue weighted by atomic mass is 9.99. The topological polar surface area (TPSA) is 91.6 Å². The molecular weight excluding hydrogens is 516 g/mol. The summed E-state index contributed by atoms with van der Waals surface area (Å²) >= 11 is 0. The molecule has 206 valence electrons. The Kier molecular flexibility index (Phi) is 7.04. The number of halogens is 4. The molecule has 0 bridgehead atoms. The van der Waals surface area contributed by atoms with E-state index in [0.29, 0.717) is 21.9 Å². The molecule has 5 rings (SSSR count). The van der Waals surface area contributed by atoms with Gasteiger partial charge in [0.05, 0.1) is 17.8 Å². The van der Waals surface area contributed by atoms with Crippen molar-refractivity contribution in [2.45, 2.75) is 44.7 Å². The van der Waals surface area contributed by atoms with Crippen molar-refractivity contribution in [3.8, 4) is 0 Å². The van der Waals surface area contributed by atoms with Gasteiger partial charge in [0, 0.05) is 19.4 Å². The summed E-state index contributed by atoms with van der Waals surface area (Å²) in [7, 11) is 1.05. The normalized spacial score (nSPS) is 16.1. The highest BCUT2D eigenvalue weighted by Gasteiger charge is 2.40. The number of carbonyl (C=O) groups excluding carboxylic acids is 2. The molecule has 0 aliphatic heterocycles. The fourth-order valence-electron chi connectivity index (χ4n) is 4.77. The van der Waals surface area contributed by atoms with E-state index in [0.717, 1.165) is 44.4 Å². The third kappa shape index (κ3) is 6.04. The maximum absolute atomic E-state index is 15.1. The van der Waals surface area contributed by atoms with E-state index in [4.69, 9.17) is 0 Å². The van der Waals surface area contributed by atoms with E-state index < -0.39 is 36.3 Å². The Morgan fingerprint density at radius 3 is 2.41 bits per heavy atom. The molecule has 39 heavy (non-hydrogen) atoms. The van der Waals surface area contributed by atoms with Crippen LogP contribution in [0.3, 0.4) is 0 Å². The lowest BCUT2D eigenvalue weighted by molar-refractivity contribution is -0.159. The Balaban J connectivity index is 1.38. The highest BCUT2D eigenvalue weighted by molar-refractivity contribution is 6.07. The number of carbonyl (C=O) groups is 2. The van der Waals surface area contributed by atoms with Crippen LogP contribution >= 0.6 is 0 Å². The van der Waals surface area contributed by atoms with E-state index in [-0.39, 0.29) is 23.1 Å². The van der Waals surface area contributed by atoms with E-state index in [9.17, 15) is 22.8 Å². The monoisotopic (exact) mass is 544 g/mol. The Morgan fingerprint density at radius 2 is 1.79 bits per heavy atom. The molecule has 2 fully saturated rings. The van der Waals surface area contributed by atoms with E-state index in [1.54, 1.807) is 29.2 Å². The van der Waals surface area contributed by atoms with Gasteiger partial charge in [-0.05, 0) is 73.8 Å². The van der Waals surface area contributed by atoms with Crippen molar-refractivity contribution in [3.05, 3.63) is 65.5 Å². The number of hydrogen-bond acceptors (Lipinski definition) is 5. The molecule has 0 saturated heterocycles. The van der Waals surface area contributed by atoms with E-state index >= 15 is 4.39 Å². The number of nitrogens with one attached hydrogen (secondary N) is 2. The van der Waals surface area contributed by atoms with Gasteiger partial charge in [-0.15, -0.1) is 0 Å². The summed E-state index contributed by atoms with van der Waals surface area (Å²) in [6.45, 7) is 0.00962. The first-order chi connectivity index (χ1) is 18.5. The Labute approximate surface area is 222 Å². The SMILES string of the molecule is C[C@H](C(=O)N(C)CC(F)(F)F)c1ccc(NC(=O)C(Nc2nccn3nccc23)=C(C2CC2)C2CC2)c(F)c1. The van der Waals surface area contributed by atoms with Crippen LogP contribution in [0.1, 0.15) is 44.1 Å².